The molecule has 0 spiro atoms. The molecule has 9 rings (SSSR count). The molecule has 0 aliphatic rings. The van der Waals surface area contributed by atoms with E-state index in [1.807, 2.05) is 30.3 Å². The molecule has 3 heterocycles. The van der Waals surface area contributed by atoms with E-state index in [9.17, 15) is 0 Å². The van der Waals surface area contributed by atoms with Crippen LogP contribution in [0.5, 0.6) is 0 Å². The maximum Gasteiger partial charge on any atom is 0.147 e. The monoisotopic (exact) mass is 595 g/mol. The van der Waals surface area contributed by atoms with Gasteiger partial charge in [-0.25, -0.2) is 15.0 Å². The van der Waals surface area contributed by atoms with Gasteiger partial charge in [-0.15, -0.1) is 11.3 Å². The van der Waals surface area contributed by atoms with Gasteiger partial charge in [0.15, 0.2) is 0 Å². The molecule has 0 saturated heterocycles. The summed E-state index contributed by atoms with van der Waals surface area (Å²) in [4.78, 5) is 15.8. The molecule has 0 atom stereocenters. The van der Waals surface area contributed by atoms with Crippen molar-refractivity contribution >= 4 is 43.6 Å². The summed E-state index contributed by atoms with van der Waals surface area (Å²) in [5.41, 5.74) is 10.2. The van der Waals surface area contributed by atoms with Crippen LogP contribution in [0.1, 0.15) is 0 Å². The van der Waals surface area contributed by atoms with Crippen LogP contribution in [0.15, 0.2) is 152 Å². The number of para-hydroxylation sites is 6. The molecule has 212 valence electrons. The van der Waals surface area contributed by atoms with Crippen molar-refractivity contribution in [1.82, 2.24) is 24.1 Å². The van der Waals surface area contributed by atoms with Crippen molar-refractivity contribution in [2.24, 2.45) is 0 Å². The molecule has 0 fully saturated rings. The zero-order chi connectivity index (χ0) is 29.7. The minimum Gasteiger partial charge on any atom is -0.292 e. The third-order valence-electron chi connectivity index (χ3n) is 8.20. The minimum atomic E-state index is 0.862. The normalized spacial score (nSPS) is 11.6. The Morgan fingerprint density at radius 1 is 0.422 bits per heavy atom. The molecule has 0 radical (unpaired) electrons. The van der Waals surface area contributed by atoms with Gasteiger partial charge >= 0.3 is 0 Å². The van der Waals surface area contributed by atoms with Crippen LogP contribution < -0.4 is 0 Å². The molecule has 0 aliphatic heterocycles. The molecule has 0 unspecified atom stereocenters. The van der Waals surface area contributed by atoms with Crippen molar-refractivity contribution in [2.75, 3.05) is 0 Å². The molecule has 45 heavy (non-hydrogen) atoms. The summed E-state index contributed by atoms with van der Waals surface area (Å²) < 4.78 is 5.57. The van der Waals surface area contributed by atoms with E-state index in [0.717, 1.165) is 77.0 Å². The zero-order valence-electron chi connectivity index (χ0n) is 24.1. The molecule has 6 aromatic carbocycles. The van der Waals surface area contributed by atoms with Crippen LogP contribution in [0.4, 0.5) is 0 Å². The topological polar surface area (TPSA) is 48.5 Å². The van der Waals surface area contributed by atoms with E-state index in [-0.39, 0.29) is 0 Å². The second kappa shape index (κ2) is 10.4. The third-order valence-corrected chi connectivity index (χ3v) is 9.33. The first-order chi connectivity index (χ1) is 22.3. The predicted octanol–water partition coefficient (Wildman–Crippen LogP) is 9.98. The van der Waals surface area contributed by atoms with E-state index in [4.69, 9.17) is 15.0 Å². The molecule has 3 aromatic heterocycles. The number of benzene rings is 6. The molecular weight excluding hydrogens is 571 g/mol. The molecule has 0 aliphatic carbocycles. The summed E-state index contributed by atoms with van der Waals surface area (Å²) in [6, 6.07) is 52.3. The van der Waals surface area contributed by atoms with Gasteiger partial charge in [0.25, 0.3) is 0 Å². The summed E-state index contributed by atoms with van der Waals surface area (Å²) in [6.07, 6.45) is 0. The lowest BCUT2D eigenvalue weighted by Crippen LogP contribution is -1.99. The van der Waals surface area contributed by atoms with Crippen molar-refractivity contribution in [3.05, 3.63) is 152 Å². The first-order valence-corrected chi connectivity index (χ1v) is 15.7. The average Bonchev–Trinajstić information content (AvgIpc) is 3.83. The van der Waals surface area contributed by atoms with Crippen LogP contribution in [0.2, 0.25) is 0 Å². The summed E-state index contributed by atoms with van der Waals surface area (Å²) >= 11 is 1.70. The van der Waals surface area contributed by atoms with Crippen LogP contribution in [0.3, 0.4) is 0 Å². The van der Waals surface area contributed by atoms with Gasteiger partial charge in [0.2, 0.25) is 0 Å². The van der Waals surface area contributed by atoms with Gasteiger partial charge in [-0.05, 0) is 60.7 Å². The van der Waals surface area contributed by atoms with E-state index >= 15 is 0 Å². The first-order valence-electron chi connectivity index (χ1n) is 14.9. The highest BCUT2D eigenvalue weighted by molar-refractivity contribution is 7.22. The van der Waals surface area contributed by atoms with Crippen molar-refractivity contribution < 1.29 is 0 Å². The Kier molecular flexibility index (Phi) is 5.92. The van der Waals surface area contributed by atoms with Crippen molar-refractivity contribution in [3.63, 3.8) is 0 Å². The fraction of sp³-hybridized carbons (Fsp3) is 0. The van der Waals surface area contributed by atoms with Crippen molar-refractivity contribution in [3.8, 4) is 44.7 Å². The average molecular weight is 596 g/mol. The van der Waals surface area contributed by atoms with Gasteiger partial charge in [0, 0.05) is 28.1 Å². The number of thiazole rings is 1. The second-order valence-electron chi connectivity index (χ2n) is 10.9. The highest BCUT2D eigenvalue weighted by atomic mass is 32.1. The number of rotatable bonds is 5. The number of hydrogen-bond acceptors (Lipinski definition) is 4. The van der Waals surface area contributed by atoms with Gasteiger partial charge in [-0.3, -0.25) is 9.13 Å². The summed E-state index contributed by atoms with van der Waals surface area (Å²) in [6.45, 7) is 0. The molecule has 0 N–H and O–H groups in total. The lowest BCUT2D eigenvalue weighted by molar-refractivity contribution is 1.10. The Morgan fingerprint density at radius 2 is 0.889 bits per heavy atom. The highest BCUT2D eigenvalue weighted by Crippen LogP contribution is 2.43. The maximum absolute atomic E-state index is 5.33. The van der Waals surface area contributed by atoms with Crippen LogP contribution in [-0.4, -0.2) is 24.1 Å². The SMILES string of the molecule is c1ccc(-c2nc3c(-c4nc5ccccc5n4-c4ccccc4)ccc(-c4nc5ccccc5n4-c4ccccc4)c3s2)cc1. The highest BCUT2D eigenvalue weighted by Gasteiger charge is 2.24. The van der Waals surface area contributed by atoms with Crippen LogP contribution in [0, 0.1) is 0 Å². The Morgan fingerprint density at radius 3 is 1.47 bits per heavy atom. The van der Waals surface area contributed by atoms with Crippen LogP contribution in [0.25, 0.3) is 77.0 Å². The van der Waals surface area contributed by atoms with Gasteiger partial charge in [0.1, 0.15) is 16.7 Å². The number of fused-ring (bicyclic) bond motifs is 3. The molecule has 0 amide bonds. The lowest BCUT2D eigenvalue weighted by atomic mass is 10.1. The smallest absolute Gasteiger partial charge is 0.147 e. The molecular formula is C39H25N5S. The first kappa shape index (κ1) is 25.6. The van der Waals surface area contributed by atoms with Gasteiger partial charge in [0.05, 0.1) is 32.3 Å². The fourth-order valence-corrected chi connectivity index (χ4v) is 7.26. The van der Waals surface area contributed by atoms with Crippen molar-refractivity contribution in [1.29, 1.82) is 0 Å². The Hall–Kier alpha value is -5.85. The quantitative estimate of drug-likeness (QED) is 0.199. The maximum atomic E-state index is 5.33. The van der Waals surface area contributed by atoms with E-state index < -0.39 is 0 Å². The Bertz CT molecular complexity index is 2320. The number of imidazole rings is 2. The van der Waals surface area contributed by atoms with E-state index in [1.54, 1.807) is 11.3 Å². The van der Waals surface area contributed by atoms with Crippen LogP contribution in [-0.2, 0) is 0 Å². The lowest BCUT2D eigenvalue weighted by Gasteiger charge is -2.13. The zero-order valence-corrected chi connectivity index (χ0v) is 24.9. The van der Waals surface area contributed by atoms with E-state index in [1.165, 1.54) is 0 Å². The second-order valence-corrected chi connectivity index (χ2v) is 11.9. The molecule has 0 bridgehead atoms. The summed E-state index contributed by atoms with van der Waals surface area (Å²) in [7, 11) is 0. The van der Waals surface area contributed by atoms with E-state index in [2.05, 4.69) is 130 Å². The standard InChI is InChI=1S/C39H25N5S/c1-4-14-26(15-5-1)39-42-35-29(37-40-31-20-10-12-22-33(31)43(37)27-16-6-2-7-17-27)24-25-30(36(35)45-39)38-41-32-21-11-13-23-34(32)44(38)28-18-8-3-9-19-28/h1-25H. The van der Waals surface area contributed by atoms with Crippen LogP contribution >= 0.6 is 11.3 Å². The third kappa shape index (κ3) is 4.18. The Balaban J connectivity index is 1.37. The fourth-order valence-electron chi connectivity index (χ4n) is 6.16. The predicted molar refractivity (Wildman–Crippen MR) is 185 cm³/mol. The van der Waals surface area contributed by atoms with Gasteiger partial charge < -0.3 is 0 Å². The van der Waals surface area contributed by atoms with E-state index in [0.29, 0.717) is 0 Å². The largest absolute Gasteiger partial charge is 0.292 e. The minimum absolute atomic E-state index is 0.862. The molecule has 6 heteroatoms. The Labute approximate surface area is 263 Å². The number of hydrogen-bond donors (Lipinski definition) is 0. The van der Waals surface area contributed by atoms with Gasteiger partial charge in [-0.2, -0.15) is 0 Å². The number of aromatic nitrogens is 5. The number of nitrogens with zero attached hydrogens (tertiary/aromatic N) is 5. The van der Waals surface area contributed by atoms with Crippen molar-refractivity contribution in [2.45, 2.75) is 0 Å². The van der Waals surface area contributed by atoms with Gasteiger partial charge in [-0.1, -0.05) is 91.0 Å². The summed E-state index contributed by atoms with van der Waals surface area (Å²) in [5.74, 6) is 1.75. The molecule has 9 aromatic rings. The molecule has 0 saturated carbocycles. The molecule has 5 nitrogen and oxygen atoms in total. The summed E-state index contributed by atoms with van der Waals surface area (Å²) in [5, 5.41) is 0.962.